The molecule has 0 aliphatic carbocycles. The van der Waals surface area contributed by atoms with Crippen molar-refractivity contribution in [1.29, 1.82) is 0 Å². The van der Waals surface area contributed by atoms with Crippen molar-refractivity contribution in [3.63, 3.8) is 0 Å². The lowest BCUT2D eigenvalue weighted by Gasteiger charge is -2.28. The Hall–Kier alpha value is -2.85. The normalized spacial score (nSPS) is 14.9. The number of ether oxygens (including phenoxy) is 1. The fraction of sp³-hybridized carbons (Fsp3) is 0.261. The van der Waals surface area contributed by atoms with Gasteiger partial charge in [-0.05, 0) is 35.9 Å². The van der Waals surface area contributed by atoms with Crippen molar-refractivity contribution in [1.82, 2.24) is 0 Å². The van der Waals surface area contributed by atoms with Crippen molar-refractivity contribution in [2.45, 2.75) is 13.2 Å². The molecule has 1 fully saturated rings. The van der Waals surface area contributed by atoms with Gasteiger partial charge >= 0.3 is 0 Å². The first-order valence-electron chi connectivity index (χ1n) is 9.68. The number of H-pyrrole nitrogens is 1. The number of piperazine rings is 1. The van der Waals surface area contributed by atoms with E-state index in [0.29, 0.717) is 6.61 Å². The lowest BCUT2D eigenvalue weighted by molar-refractivity contribution is -0.914. The van der Waals surface area contributed by atoms with Gasteiger partial charge in [0, 0.05) is 11.6 Å². The highest BCUT2D eigenvalue weighted by Gasteiger charge is 2.25. The molecule has 0 radical (unpaired) electrons. The minimum absolute atomic E-state index is 0.615. The third-order valence-corrected chi connectivity index (χ3v) is 5.13. The molecule has 3 aromatic rings. The van der Waals surface area contributed by atoms with Gasteiger partial charge in [0.2, 0.25) is 0 Å². The summed E-state index contributed by atoms with van der Waals surface area (Å²) in [6.45, 7) is 6.20. The number of hydrogen-bond acceptors (Lipinski definition) is 2. The van der Waals surface area contributed by atoms with E-state index in [9.17, 15) is 0 Å². The van der Waals surface area contributed by atoms with E-state index in [1.54, 1.807) is 4.90 Å². The van der Waals surface area contributed by atoms with Gasteiger partial charge in [0.05, 0.1) is 6.20 Å². The zero-order valence-corrected chi connectivity index (χ0v) is 15.6. The Balaban J connectivity index is 1.25. The lowest BCUT2D eigenvalue weighted by atomic mass is 10.2. The molecule has 2 heterocycles. The molecule has 138 valence electrons. The molecule has 4 heteroatoms. The number of aromatic amines is 1. The summed E-state index contributed by atoms with van der Waals surface area (Å²) in [6, 6.07) is 25.1. The first-order chi connectivity index (χ1) is 13.4. The second-order valence-corrected chi connectivity index (χ2v) is 7.08. The van der Waals surface area contributed by atoms with Crippen LogP contribution in [0.1, 0.15) is 11.1 Å². The van der Waals surface area contributed by atoms with Crippen LogP contribution in [0.4, 0.5) is 5.82 Å². The second kappa shape index (κ2) is 8.69. The topological polar surface area (TPSA) is 31.1 Å². The molecule has 27 heavy (non-hydrogen) atoms. The van der Waals surface area contributed by atoms with Crippen LogP contribution in [0.15, 0.2) is 79.0 Å². The van der Waals surface area contributed by atoms with Crippen LogP contribution in [0.5, 0.6) is 5.75 Å². The van der Waals surface area contributed by atoms with E-state index in [-0.39, 0.29) is 0 Å². The van der Waals surface area contributed by atoms with E-state index in [0.717, 1.165) is 38.5 Å². The van der Waals surface area contributed by atoms with Gasteiger partial charge in [-0.2, -0.15) is 0 Å². The van der Waals surface area contributed by atoms with Crippen LogP contribution >= 0.6 is 0 Å². The Morgan fingerprint density at radius 1 is 0.815 bits per heavy atom. The van der Waals surface area contributed by atoms with Crippen LogP contribution in [0.3, 0.4) is 0 Å². The lowest BCUT2D eigenvalue weighted by Crippen LogP contribution is -3.13. The van der Waals surface area contributed by atoms with Gasteiger partial charge in [0.25, 0.3) is 5.82 Å². The predicted octanol–water partition coefficient (Wildman–Crippen LogP) is 1.98. The fourth-order valence-electron chi connectivity index (χ4n) is 3.55. The molecule has 0 bridgehead atoms. The third-order valence-electron chi connectivity index (χ3n) is 5.13. The van der Waals surface area contributed by atoms with Crippen LogP contribution in [-0.2, 0) is 13.2 Å². The van der Waals surface area contributed by atoms with E-state index in [1.807, 2.05) is 30.5 Å². The van der Waals surface area contributed by atoms with Crippen LogP contribution < -0.4 is 19.5 Å². The Morgan fingerprint density at radius 2 is 1.56 bits per heavy atom. The van der Waals surface area contributed by atoms with Crippen LogP contribution in [-0.4, -0.2) is 26.2 Å². The van der Waals surface area contributed by atoms with Gasteiger partial charge in [-0.25, -0.2) is 4.98 Å². The van der Waals surface area contributed by atoms with Crippen molar-refractivity contribution in [3.8, 4) is 5.75 Å². The SMILES string of the molecule is c1ccc(COc2ccc(C[NH+]3CCN(c4cccc[nH+]4)CC3)cc2)cc1. The average Bonchev–Trinajstić information content (AvgIpc) is 2.75. The number of hydrogen-bond donors (Lipinski definition) is 1. The van der Waals surface area contributed by atoms with E-state index in [1.165, 1.54) is 16.9 Å². The highest BCUT2D eigenvalue weighted by atomic mass is 16.5. The number of pyridine rings is 1. The van der Waals surface area contributed by atoms with Crippen molar-refractivity contribution < 1.29 is 14.6 Å². The number of aromatic nitrogens is 1. The summed E-state index contributed by atoms with van der Waals surface area (Å²) < 4.78 is 5.88. The molecule has 1 aliphatic heterocycles. The van der Waals surface area contributed by atoms with Crippen LogP contribution in [0.25, 0.3) is 0 Å². The maximum Gasteiger partial charge on any atom is 0.274 e. The Kier molecular flexibility index (Phi) is 5.65. The monoisotopic (exact) mass is 361 g/mol. The summed E-state index contributed by atoms with van der Waals surface area (Å²) in [6.07, 6.45) is 2.00. The smallest absolute Gasteiger partial charge is 0.274 e. The molecule has 1 aromatic heterocycles. The summed E-state index contributed by atoms with van der Waals surface area (Å²) in [5.74, 6) is 2.15. The Bertz CT molecular complexity index is 813. The maximum atomic E-state index is 5.88. The Labute approximate surface area is 161 Å². The van der Waals surface area contributed by atoms with Gasteiger partial charge in [0.1, 0.15) is 45.1 Å². The molecular formula is C23H27N3O+2. The van der Waals surface area contributed by atoms with Gasteiger partial charge in [-0.3, -0.25) is 4.90 Å². The van der Waals surface area contributed by atoms with Gasteiger partial charge in [-0.1, -0.05) is 36.4 Å². The van der Waals surface area contributed by atoms with E-state index < -0.39 is 0 Å². The summed E-state index contributed by atoms with van der Waals surface area (Å²) in [7, 11) is 0. The Morgan fingerprint density at radius 3 is 2.26 bits per heavy atom. The molecule has 2 N–H and O–H groups in total. The minimum Gasteiger partial charge on any atom is -0.489 e. The van der Waals surface area contributed by atoms with Gasteiger partial charge in [0.15, 0.2) is 0 Å². The first-order valence-corrected chi connectivity index (χ1v) is 9.68. The zero-order valence-electron chi connectivity index (χ0n) is 15.6. The molecule has 4 rings (SSSR count). The quantitative estimate of drug-likeness (QED) is 0.728. The highest BCUT2D eigenvalue weighted by molar-refractivity contribution is 5.32. The first kappa shape index (κ1) is 17.6. The molecule has 4 nitrogen and oxygen atoms in total. The predicted molar refractivity (Wildman–Crippen MR) is 107 cm³/mol. The van der Waals surface area contributed by atoms with Gasteiger partial charge < -0.3 is 9.64 Å². The third kappa shape index (κ3) is 4.86. The molecular weight excluding hydrogens is 334 g/mol. The number of rotatable bonds is 6. The minimum atomic E-state index is 0.615. The maximum absolute atomic E-state index is 5.88. The number of benzene rings is 2. The molecule has 2 aromatic carbocycles. The molecule has 0 spiro atoms. The fourth-order valence-corrected chi connectivity index (χ4v) is 3.55. The number of anilines is 1. The van der Waals surface area contributed by atoms with Crippen LogP contribution in [0, 0.1) is 0 Å². The second-order valence-electron chi connectivity index (χ2n) is 7.08. The van der Waals surface area contributed by atoms with Crippen molar-refractivity contribution >= 4 is 5.82 Å². The molecule has 0 unspecified atom stereocenters. The summed E-state index contributed by atoms with van der Waals surface area (Å²) in [4.78, 5) is 7.41. The molecule has 0 saturated carbocycles. The average molecular weight is 361 g/mol. The summed E-state index contributed by atoms with van der Waals surface area (Å²) >= 11 is 0. The van der Waals surface area contributed by atoms with Crippen LogP contribution in [0.2, 0.25) is 0 Å². The highest BCUT2D eigenvalue weighted by Crippen LogP contribution is 2.14. The van der Waals surface area contributed by atoms with Crippen molar-refractivity contribution in [3.05, 3.63) is 90.1 Å². The number of quaternary nitrogens is 1. The van der Waals surface area contributed by atoms with Crippen molar-refractivity contribution in [2.75, 3.05) is 31.1 Å². The zero-order chi connectivity index (χ0) is 18.3. The van der Waals surface area contributed by atoms with Gasteiger partial charge in [-0.15, -0.1) is 0 Å². The van der Waals surface area contributed by atoms with E-state index in [2.05, 4.69) is 58.4 Å². The standard InChI is InChI=1S/C23H25N3O/c1-2-6-21(7-3-1)19-27-22-11-9-20(10-12-22)18-25-14-16-26(17-15-25)23-8-4-5-13-24-23/h1-13H,14-19H2/p+2. The van der Waals surface area contributed by atoms with Crippen molar-refractivity contribution in [2.24, 2.45) is 0 Å². The largest absolute Gasteiger partial charge is 0.489 e. The number of nitrogens with zero attached hydrogens (tertiary/aromatic N) is 1. The summed E-state index contributed by atoms with van der Waals surface area (Å²) in [5, 5.41) is 0. The molecule has 0 atom stereocenters. The van der Waals surface area contributed by atoms with E-state index >= 15 is 0 Å². The summed E-state index contributed by atoms with van der Waals surface area (Å²) in [5.41, 5.74) is 2.57. The molecule has 0 amide bonds. The molecule has 1 aliphatic rings. The molecule has 1 saturated heterocycles. The number of nitrogens with one attached hydrogen (secondary N) is 2. The van der Waals surface area contributed by atoms with E-state index in [4.69, 9.17) is 4.74 Å².